The average molecular weight is 312 g/mol. The van der Waals surface area contributed by atoms with Crippen LogP contribution in [0.2, 0.25) is 5.02 Å². The Labute approximate surface area is 129 Å². The summed E-state index contributed by atoms with van der Waals surface area (Å²) in [6.45, 7) is 2.22. The van der Waals surface area contributed by atoms with Crippen molar-refractivity contribution in [3.05, 3.63) is 29.0 Å². The summed E-state index contributed by atoms with van der Waals surface area (Å²) in [5, 5.41) is 0.782. The van der Waals surface area contributed by atoms with Crippen LogP contribution >= 0.6 is 23.2 Å². The molecule has 1 aliphatic heterocycles. The van der Waals surface area contributed by atoms with E-state index in [0.29, 0.717) is 11.9 Å². The number of fused-ring (bicyclic) bond motifs is 1. The molecule has 0 aliphatic carbocycles. The fraction of sp³-hybridized carbons (Fsp3) is 0.533. The SMILES string of the molecule is CN1CCCC(n2c(CCCl)nc3cccc(Cl)c32)C1. The number of piperidine rings is 1. The van der Waals surface area contributed by atoms with Gasteiger partial charge in [0, 0.05) is 24.9 Å². The molecule has 1 fully saturated rings. The first-order valence-electron chi connectivity index (χ1n) is 7.10. The van der Waals surface area contributed by atoms with Gasteiger partial charge in [0.25, 0.3) is 0 Å². The smallest absolute Gasteiger partial charge is 0.111 e. The van der Waals surface area contributed by atoms with E-state index in [1.807, 2.05) is 18.2 Å². The van der Waals surface area contributed by atoms with Crippen LogP contribution in [0.5, 0.6) is 0 Å². The number of imidazole rings is 1. The number of alkyl halides is 1. The van der Waals surface area contributed by atoms with Crippen molar-refractivity contribution in [3.8, 4) is 0 Å². The number of likely N-dealkylation sites (N-methyl/N-ethyl adjacent to an activating group) is 1. The van der Waals surface area contributed by atoms with E-state index in [1.54, 1.807) is 0 Å². The summed E-state index contributed by atoms with van der Waals surface area (Å²) in [7, 11) is 2.17. The molecule has 1 aromatic heterocycles. The summed E-state index contributed by atoms with van der Waals surface area (Å²) in [5.41, 5.74) is 2.04. The number of hydrogen-bond donors (Lipinski definition) is 0. The lowest BCUT2D eigenvalue weighted by Crippen LogP contribution is -2.34. The molecule has 0 spiro atoms. The molecule has 1 saturated heterocycles. The molecule has 0 bridgehead atoms. The second-order valence-electron chi connectivity index (χ2n) is 5.50. The first-order valence-corrected chi connectivity index (χ1v) is 8.02. The number of halogens is 2. The van der Waals surface area contributed by atoms with Gasteiger partial charge in [-0.15, -0.1) is 11.6 Å². The van der Waals surface area contributed by atoms with E-state index in [2.05, 4.69) is 16.5 Å². The number of rotatable bonds is 3. The third-order valence-corrected chi connectivity index (χ3v) is 4.51. The number of benzene rings is 1. The Kier molecular flexibility index (Phi) is 4.20. The molecule has 20 heavy (non-hydrogen) atoms. The van der Waals surface area contributed by atoms with Gasteiger partial charge in [0.2, 0.25) is 0 Å². The van der Waals surface area contributed by atoms with Crippen molar-refractivity contribution in [1.82, 2.24) is 14.5 Å². The van der Waals surface area contributed by atoms with Gasteiger partial charge in [-0.1, -0.05) is 17.7 Å². The van der Waals surface area contributed by atoms with E-state index in [9.17, 15) is 0 Å². The van der Waals surface area contributed by atoms with Gasteiger partial charge in [0.1, 0.15) is 5.82 Å². The fourth-order valence-electron chi connectivity index (χ4n) is 3.16. The predicted octanol–water partition coefficient (Wildman–Crippen LogP) is 3.74. The van der Waals surface area contributed by atoms with Crippen molar-refractivity contribution in [2.45, 2.75) is 25.3 Å². The van der Waals surface area contributed by atoms with Gasteiger partial charge in [0.15, 0.2) is 0 Å². The summed E-state index contributed by atoms with van der Waals surface area (Å²) < 4.78 is 2.33. The molecule has 1 aromatic carbocycles. The Bertz CT molecular complexity index is 608. The molecule has 0 N–H and O–H groups in total. The van der Waals surface area contributed by atoms with Gasteiger partial charge in [-0.25, -0.2) is 4.98 Å². The van der Waals surface area contributed by atoms with Crippen LogP contribution in [0.1, 0.15) is 24.7 Å². The predicted molar refractivity (Wildman–Crippen MR) is 84.9 cm³/mol. The van der Waals surface area contributed by atoms with E-state index in [1.165, 1.54) is 19.4 Å². The van der Waals surface area contributed by atoms with E-state index in [-0.39, 0.29) is 0 Å². The van der Waals surface area contributed by atoms with Crippen molar-refractivity contribution in [3.63, 3.8) is 0 Å². The Morgan fingerprint density at radius 3 is 3.00 bits per heavy atom. The van der Waals surface area contributed by atoms with Crippen molar-refractivity contribution in [2.75, 3.05) is 26.0 Å². The Balaban J connectivity index is 2.12. The Morgan fingerprint density at radius 1 is 1.40 bits per heavy atom. The van der Waals surface area contributed by atoms with Crippen molar-refractivity contribution in [1.29, 1.82) is 0 Å². The molecule has 0 radical (unpaired) electrons. The summed E-state index contributed by atoms with van der Waals surface area (Å²) in [4.78, 5) is 7.12. The number of aromatic nitrogens is 2. The maximum Gasteiger partial charge on any atom is 0.111 e. The zero-order chi connectivity index (χ0) is 14.1. The van der Waals surface area contributed by atoms with Crippen LogP contribution in [0.15, 0.2) is 18.2 Å². The van der Waals surface area contributed by atoms with Crippen molar-refractivity contribution < 1.29 is 0 Å². The molecule has 1 atom stereocenters. The van der Waals surface area contributed by atoms with Crippen LogP contribution in [-0.2, 0) is 6.42 Å². The molecule has 108 valence electrons. The third-order valence-electron chi connectivity index (χ3n) is 4.02. The molecule has 0 saturated carbocycles. The largest absolute Gasteiger partial charge is 0.322 e. The topological polar surface area (TPSA) is 21.1 Å². The van der Waals surface area contributed by atoms with Gasteiger partial charge in [-0.2, -0.15) is 0 Å². The van der Waals surface area contributed by atoms with E-state index in [4.69, 9.17) is 28.2 Å². The van der Waals surface area contributed by atoms with Crippen LogP contribution in [-0.4, -0.2) is 40.5 Å². The maximum absolute atomic E-state index is 6.42. The number of hydrogen-bond acceptors (Lipinski definition) is 2. The summed E-state index contributed by atoms with van der Waals surface area (Å²) in [5.74, 6) is 1.65. The van der Waals surface area contributed by atoms with Gasteiger partial charge in [-0.05, 0) is 38.6 Å². The molecular formula is C15H19Cl2N3. The molecule has 3 rings (SSSR count). The monoisotopic (exact) mass is 311 g/mol. The third kappa shape index (κ3) is 2.54. The molecule has 1 aliphatic rings. The first-order chi connectivity index (χ1) is 9.70. The van der Waals surface area contributed by atoms with E-state index in [0.717, 1.165) is 34.8 Å². The Morgan fingerprint density at radius 2 is 2.25 bits per heavy atom. The zero-order valence-corrected chi connectivity index (χ0v) is 13.2. The van der Waals surface area contributed by atoms with Crippen molar-refractivity contribution >= 4 is 34.2 Å². The highest BCUT2D eigenvalue weighted by Crippen LogP contribution is 2.31. The fourth-order valence-corrected chi connectivity index (χ4v) is 3.59. The number of likely N-dealkylation sites (tertiary alicyclic amines) is 1. The lowest BCUT2D eigenvalue weighted by molar-refractivity contribution is 0.212. The van der Waals surface area contributed by atoms with Gasteiger partial charge >= 0.3 is 0 Å². The summed E-state index contributed by atoms with van der Waals surface area (Å²) in [6, 6.07) is 6.37. The second kappa shape index (κ2) is 5.92. The van der Waals surface area contributed by atoms with Crippen LogP contribution in [0, 0.1) is 0 Å². The lowest BCUT2D eigenvalue weighted by atomic mass is 10.1. The standard InChI is InChI=1S/C15H19Cl2N3/c1-19-9-3-4-11(10-19)20-14(7-8-16)18-13-6-2-5-12(17)15(13)20/h2,5-6,11H,3-4,7-10H2,1H3. The van der Waals surface area contributed by atoms with Crippen LogP contribution < -0.4 is 0 Å². The van der Waals surface area contributed by atoms with Gasteiger partial charge < -0.3 is 9.47 Å². The van der Waals surface area contributed by atoms with Crippen LogP contribution in [0.4, 0.5) is 0 Å². The highest BCUT2D eigenvalue weighted by molar-refractivity contribution is 6.35. The quantitative estimate of drug-likeness (QED) is 0.805. The molecular weight excluding hydrogens is 293 g/mol. The molecule has 1 unspecified atom stereocenters. The highest BCUT2D eigenvalue weighted by Gasteiger charge is 2.24. The lowest BCUT2D eigenvalue weighted by Gasteiger charge is -2.32. The highest BCUT2D eigenvalue weighted by atomic mass is 35.5. The van der Waals surface area contributed by atoms with Crippen LogP contribution in [0.25, 0.3) is 11.0 Å². The summed E-state index contributed by atoms with van der Waals surface area (Å²) in [6.07, 6.45) is 3.18. The Hall–Kier alpha value is -0.770. The zero-order valence-electron chi connectivity index (χ0n) is 11.6. The molecule has 2 heterocycles. The molecule has 3 nitrogen and oxygen atoms in total. The second-order valence-corrected chi connectivity index (χ2v) is 6.29. The minimum Gasteiger partial charge on any atom is -0.322 e. The number of aryl methyl sites for hydroxylation is 1. The first kappa shape index (κ1) is 14.2. The van der Waals surface area contributed by atoms with E-state index >= 15 is 0 Å². The molecule has 5 heteroatoms. The summed E-state index contributed by atoms with van der Waals surface area (Å²) >= 11 is 12.4. The minimum atomic E-state index is 0.442. The van der Waals surface area contributed by atoms with Crippen LogP contribution in [0.3, 0.4) is 0 Å². The van der Waals surface area contributed by atoms with Gasteiger partial charge in [0.05, 0.1) is 16.1 Å². The molecule has 2 aromatic rings. The normalized spacial score (nSPS) is 20.6. The number of nitrogens with zero attached hydrogens (tertiary/aromatic N) is 3. The number of para-hydroxylation sites is 1. The average Bonchev–Trinajstić information content (AvgIpc) is 2.79. The molecule has 0 amide bonds. The maximum atomic E-state index is 6.42. The van der Waals surface area contributed by atoms with Crippen molar-refractivity contribution in [2.24, 2.45) is 0 Å². The minimum absolute atomic E-state index is 0.442. The van der Waals surface area contributed by atoms with Gasteiger partial charge in [-0.3, -0.25) is 0 Å². The van der Waals surface area contributed by atoms with E-state index < -0.39 is 0 Å².